The molecule has 0 N–H and O–H groups in total. The van der Waals surface area contributed by atoms with E-state index in [-0.39, 0.29) is 16.4 Å². The lowest BCUT2D eigenvalue weighted by Crippen LogP contribution is -2.68. The van der Waals surface area contributed by atoms with Gasteiger partial charge in [0.15, 0.2) is 18.3 Å². The second-order valence-corrected chi connectivity index (χ2v) is 14.4. The summed E-state index contributed by atoms with van der Waals surface area (Å²) in [6, 6.07) is 24.7. The number of hydrogen-bond donors (Lipinski definition) is 0. The highest BCUT2D eigenvalue weighted by atomic mass is 15.3. The molecule has 4 heterocycles. The van der Waals surface area contributed by atoms with E-state index in [1.54, 1.807) is 0 Å². The first-order valence-corrected chi connectivity index (χ1v) is 17.2. The predicted molar refractivity (Wildman–Crippen MR) is 189 cm³/mol. The fourth-order valence-corrected chi connectivity index (χ4v) is 7.72. The van der Waals surface area contributed by atoms with E-state index in [1.807, 2.05) is 11.7 Å². The average molecular weight is 614 g/mol. The number of pyridine rings is 1. The Hall–Kier alpha value is -4.12. The zero-order chi connectivity index (χ0) is 32.7. The Bertz CT molecular complexity index is 1910. The third kappa shape index (κ3) is 5.18. The molecule has 5 aromatic rings. The highest BCUT2D eigenvalue weighted by Gasteiger charge is 2.55. The van der Waals surface area contributed by atoms with Gasteiger partial charge in [0, 0.05) is 35.6 Å². The van der Waals surface area contributed by atoms with Crippen molar-refractivity contribution in [2.75, 3.05) is 0 Å². The van der Waals surface area contributed by atoms with Crippen LogP contribution in [0.25, 0.3) is 33.5 Å². The molecule has 3 aromatic heterocycles. The van der Waals surface area contributed by atoms with Gasteiger partial charge in [-0.25, -0.2) is 4.57 Å². The fourth-order valence-electron chi connectivity index (χ4n) is 7.72. The van der Waals surface area contributed by atoms with Crippen LogP contribution in [-0.4, -0.2) is 14.8 Å². The maximum atomic E-state index is 5.15. The minimum atomic E-state index is -0.297. The molecule has 2 aromatic carbocycles. The van der Waals surface area contributed by atoms with Gasteiger partial charge in [-0.3, -0.25) is 4.68 Å². The average Bonchev–Trinajstić information content (AvgIpc) is 3.47. The fraction of sp³-hybridized carbons (Fsp3) is 0.415. The molecule has 0 radical (unpaired) electrons. The van der Waals surface area contributed by atoms with Crippen molar-refractivity contribution >= 4 is 10.9 Å². The molecule has 1 aliphatic heterocycles. The summed E-state index contributed by atoms with van der Waals surface area (Å²) >= 11 is 0. The van der Waals surface area contributed by atoms with E-state index >= 15 is 0 Å². The van der Waals surface area contributed by atoms with E-state index in [0.29, 0.717) is 0 Å². The quantitative estimate of drug-likeness (QED) is 0.123. The molecule has 5 heteroatoms. The topological polar surface area (TPSA) is 38.5 Å². The summed E-state index contributed by atoms with van der Waals surface area (Å²) < 4.78 is 6.87. The third-order valence-corrected chi connectivity index (χ3v) is 10.6. The minimum absolute atomic E-state index is 0.00912. The monoisotopic (exact) mass is 613 g/mol. The normalized spacial score (nSPS) is 19.5. The van der Waals surface area contributed by atoms with Gasteiger partial charge >= 0.3 is 0 Å². The highest BCUT2D eigenvalue weighted by Crippen LogP contribution is 2.51. The minimum Gasteiger partial charge on any atom is -0.262 e. The molecule has 0 amide bonds. The summed E-state index contributed by atoms with van der Waals surface area (Å²) in [5, 5.41) is 6.10. The van der Waals surface area contributed by atoms with Crippen molar-refractivity contribution < 1.29 is 9.13 Å². The molecule has 2 unspecified atom stereocenters. The van der Waals surface area contributed by atoms with Crippen molar-refractivity contribution in [3.63, 3.8) is 0 Å². The van der Waals surface area contributed by atoms with Gasteiger partial charge in [0.2, 0.25) is 5.69 Å². The zero-order valence-electron chi connectivity index (χ0n) is 29.1. The van der Waals surface area contributed by atoms with Gasteiger partial charge in [-0.15, -0.1) is 0 Å². The number of unbranched alkanes of at least 4 members (excludes halogenated alkanes) is 1. The van der Waals surface area contributed by atoms with Crippen LogP contribution < -0.4 is 9.13 Å². The van der Waals surface area contributed by atoms with Gasteiger partial charge in [0.25, 0.3) is 6.33 Å². The number of benzene rings is 2. The van der Waals surface area contributed by atoms with Crippen molar-refractivity contribution in [2.45, 2.75) is 103 Å². The van der Waals surface area contributed by atoms with Gasteiger partial charge in [-0.2, -0.15) is 9.67 Å². The van der Waals surface area contributed by atoms with Crippen molar-refractivity contribution in [1.29, 1.82) is 0 Å². The van der Waals surface area contributed by atoms with Crippen molar-refractivity contribution in [3.8, 4) is 22.6 Å². The standard InChI is InChI=1S/C41H51N5/c1-9-12-18-30-22-23-32-34(27-30)42-29-46-38(32)31-19-13-14-20-33(31)40(7,10-2)41(46,11-3)24-17-26-45-25-16-15-21-35(45)36-28-37(39(4,5)6)43-44(36)8/h13-17,19-25,27-29H,9-12,18,26H2,1-8H3/q+2. The van der Waals surface area contributed by atoms with Crippen molar-refractivity contribution in [2.24, 2.45) is 7.05 Å². The van der Waals surface area contributed by atoms with E-state index in [0.717, 1.165) is 48.4 Å². The maximum absolute atomic E-state index is 5.15. The Morgan fingerprint density at radius 1 is 0.935 bits per heavy atom. The first-order valence-electron chi connectivity index (χ1n) is 17.2. The predicted octanol–water partition coefficient (Wildman–Crippen LogP) is 8.56. The maximum Gasteiger partial charge on any atom is 0.288 e. The Morgan fingerprint density at radius 2 is 1.72 bits per heavy atom. The largest absolute Gasteiger partial charge is 0.288 e. The molecule has 0 spiro atoms. The third-order valence-electron chi connectivity index (χ3n) is 10.6. The number of nitrogens with zero attached hydrogens (tertiary/aromatic N) is 5. The van der Waals surface area contributed by atoms with Gasteiger partial charge in [0.05, 0.1) is 11.1 Å². The molecule has 5 nitrogen and oxygen atoms in total. The Labute approximate surface area is 275 Å². The second kappa shape index (κ2) is 12.2. The van der Waals surface area contributed by atoms with Crippen LogP contribution >= 0.6 is 0 Å². The molecule has 0 aliphatic carbocycles. The summed E-state index contributed by atoms with van der Waals surface area (Å²) in [6.45, 7) is 16.8. The number of fused-ring (bicyclic) bond motifs is 5. The lowest BCUT2D eigenvalue weighted by molar-refractivity contribution is -0.757. The smallest absolute Gasteiger partial charge is 0.262 e. The van der Waals surface area contributed by atoms with Crippen LogP contribution in [0.3, 0.4) is 0 Å². The number of aryl methyl sites for hydroxylation is 2. The molecule has 0 saturated carbocycles. The zero-order valence-corrected chi connectivity index (χ0v) is 29.1. The first kappa shape index (κ1) is 31.8. The molecule has 0 bridgehead atoms. The summed E-state index contributed by atoms with van der Waals surface area (Å²) in [5.41, 5.74) is 9.43. The number of rotatable bonds is 9. The van der Waals surface area contributed by atoms with Gasteiger partial charge < -0.3 is 0 Å². The Balaban J connectivity index is 1.48. The van der Waals surface area contributed by atoms with Crippen LogP contribution in [0.1, 0.15) is 91.0 Å². The summed E-state index contributed by atoms with van der Waals surface area (Å²) in [7, 11) is 2.05. The highest BCUT2D eigenvalue weighted by molar-refractivity contribution is 5.92. The molecular weight excluding hydrogens is 562 g/mol. The molecule has 238 valence electrons. The van der Waals surface area contributed by atoms with E-state index in [4.69, 9.17) is 10.1 Å². The number of aromatic nitrogens is 5. The molecule has 46 heavy (non-hydrogen) atoms. The summed E-state index contributed by atoms with van der Waals surface area (Å²) in [6.07, 6.45) is 14.6. The Morgan fingerprint density at radius 3 is 2.43 bits per heavy atom. The van der Waals surface area contributed by atoms with Gasteiger partial charge in [0.1, 0.15) is 16.9 Å². The lowest BCUT2D eigenvalue weighted by Gasteiger charge is -2.49. The van der Waals surface area contributed by atoms with Gasteiger partial charge in [-0.05, 0) is 78.2 Å². The van der Waals surface area contributed by atoms with E-state index < -0.39 is 0 Å². The van der Waals surface area contributed by atoms with Gasteiger partial charge in [-0.1, -0.05) is 85.2 Å². The van der Waals surface area contributed by atoms with E-state index in [2.05, 4.69) is 149 Å². The van der Waals surface area contributed by atoms with Crippen LogP contribution in [0, 0.1) is 0 Å². The van der Waals surface area contributed by atoms with Crippen molar-refractivity contribution in [3.05, 3.63) is 108 Å². The lowest BCUT2D eigenvalue weighted by atomic mass is 9.59. The molecule has 0 saturated heterocycles. The molecule has 2 atom stereocenters. The van der Waals surface area contributed by atoms with Crippen LogP contribution in [0.5, 0.6) is 0 Å². The Kier molecular flexibility index (Phi) is 8.47. The van der Waals surface area contributed by atoms with Crippen LogP contribution in [-0.2, 0) is 36.4 Å². The van der Waals surface area contributed by atoms with E-state index in [9.17, 15) is 0 Å². The molecule has 0 fully saturated rings. The number of hydrogen-bond acceptors (Lipinski definition) is 2. The molecular formula is C41H51N5+2. The van der Waals surface area contributed by atoms with Crippen LogP contribution in [0.2, 0.25) is 0 Å². The number of allylic oxidation sites excluding steroid dienone is 2. The SMILES string of the molecule is CCCCc1ccc2c3[n+](cnc2c1)C(C=CC[n+]1ccccc1-c1cc(C(C)(C)C)nn1C)(CC)C(C)(CC)c1ccccc1-3. The summed E-state index contributed by atoms with van der Waals surface area (Å²) in [5.74, 6) is 0. The van der Waals surface area contributed by atoms with Crippen LogP contribution in [0.4, 0.5) is 0 Å². The van der Waals surface area contributed by atoms with Crippen molar-refractivity contribution in [1.82, 2.24) is 14.8 Å². The molecule has 1 aliphatic rings. The van der Waals surface area contributed by atoms with E-state index in [1.165, 1.54) is 40.6 Å². The molecule has 6 rings (SSSR count). The second-order valence-electron chi connectivity index (χ2n) is 14.4. The summed E-state index contributed by atoms with van der Waals surface area (Å²) in [4.78, 5) is 5.15. The first-order chi connectivity index (χ1) is 22.1. The van der Waals surface area contributed by atoms with Crippen LogP contribution in [0.15, 0.2) is 91.4 Å².